The number of aryl methyl sites for hydroxylation is 2. The van der Waals surface area contributed by atoms with E-state index in [2.05, 4.69) is 51.7 Å². The third-order valence-corrected chi connectivity index (χ3v) is 6.31. The molecule has 0 spiro atoms. The lowest BCUT2D eigenvalue weighted by molar-refractivity contribution is -0.0172. The normalized spacial score (nSPS) is 17.9. The van der Waals surface area contributed by atoms with E-state index in [4.69, 9.17) is 10.5 Å². The predicted octanol–water partition coefficient (Wildman–Crippen LogP) is 4.19. The molecule has 0 radical (unpaired) electrons. The summed E-state index contributed by atoms with van der Waals surface area (Å²) in [7, 11) is 0. The molecule has 1 aliphatic heterocycles. The topological polar surface area (TPSA) is 129 Å². The fraction of sp³-hybridized carbons (Fsp3) is 0.385. The second kappa shape index (κ2) is 10.3. The number of amides is 1. The summed E-state index contributed by atoms with van der Waals surface area (Å²) < 4.78 is 5.97. The molecule has 1 amide bonds. The molecule has 2 aromatic carbocycles. The van der Waals surface area contributed by atoms with Crippen molar-refractivity contribution in [3.05, 3.63) is 58.7 Å². The average molecular weight is 479 g/mol. The number of aromatic nitrogens is 2. The molecule has 2 atom stereocenters. The summed E-state index contributed by atoms with van der Waals surface area (Å²) in [6.07, 6.45) is 1.41. The van der Waals surface area contributed by atoms with Gasteiger partial charge in [0.15, 0.2) is 5.82 Å². The van der Waals surface area contributed by atoms with Gasteiger partial charge in [-0.05, 0) is 68.1 Å². The Balaban J connectivity index is 1.46. The summed E-state index contributed by atoms with van der Waals surface area (Å²) in [5, 5.41) is 23.5. The number of nitrogens with zero attached hydrogens (tertiary/aromatic N) is 2. The van der Waals surface area contributed by atoms with E-state index < -0.39 is 5.91 Å². The zero-order valence-electron chi connectivity index (χ0n) is 20.7. The van der Waals surface area contributed by atoms with Gasteiger partial charge < -0.3 is 31.1 Å². The molecule has 6 N–H and O–H groups in total. The van der Waals surface area contributed by atoms with Crippen LogP contribution >= 0.6 is 0 Å². The fourth-order valence-electron chi connectivity index (χ4n) is 4.51. The van der Waals surface area contributed by atoms with Gasteiger partial charge in [-0.1, -0.05) is 19.1 Å². The average Bonchev–Trinajstić information content (AvgIpc) is 3.23. The second-order valence-corrected chi connectivity index (χ2v) is 9.17. The summed E-state index contributed by atoms with van der Waals surface area (Å²) >= 11 is 0. The van der Waals surface area contributed by atoms with Crippen LogP contribution in [0.3, 0.4) is 0 Å². The van der Waals surface area contributed by atoms with Gasteiger partial charge in [-0.3, -0.25) is 9.89 Å². The van der Waals surface area contributed by atoms with Crippen LogP contribution in [0.25, 0.3) is 0 Å². The molecule has 9 heteroatoms. The maximum atomic E-state index is 12.2. The number of benzene rings is 2. The van der Waals surface area contributed by atoms with Crippen molar-refractivity contribution in [2.75, 3.05) is 28.6 Å². The van der Waals surface area contributed by atoms with E-state index in [1.165, 1.54) is 0 Å². The highest BCUT2D eigenvalue weighted by molar-refractivity contribution is 6.03. The molecular weight excluding hydrogens is 444 g/mol. The summed E-state index contributed by atoms with van der Waals surface area (Å²) in [4.78, 5) is 14.6. The number of carbonyl (C=O) groups excluding carboxylic acids is 1. The first-order valence-corrected chi connectivity index (χ1v) is 11.9. The number of nitrogens with one attached hydrogen (secondary N) is 3. The van der Waals surface area contributed by atoms with Crippen molar-refractivity contribution >= 4 is 28.9 Å². The van der Waals surface area contributed by atoms with Gasteiger partial charge in [0.05, 0.1) is 12.2 Å². The SMILES string of the molecule is CC[C@@H]1CN(c2ccc(Nc3n[nH]c(NCc4cc(C)c(O)c(C)c4)c3C(N)=O)cc2)C[C@H](C)O1. The monoisotopic (exact) mass is 478 g/mol. The van der Waals surface area contributed by atoms with Gasteiger partial charge in [0, 0.05) is 31.0 Å². The number of ether oxygens (including phenoxy) is 1. The zero-order valence-corrected chi connectivity index (χ0v) is 20.7. The molecule has 3 aromatic rings. The number of aromatic amines is 1. The highest BCUT2D eigenvalue weighted by atomic mass is 16.5. The number of morpholine rings is 1. The van der Waals surface area contributed by atoms with Gasteiger partial charge in [0.2, 0.25) is 0 Å². The van der Waals surface area contributed by atoms with Gasteiger partial charge in [0.1, 0.15) is 17.1 Å². The molecule has 0 bridgehead atoms. The molecular formula is C26H34N6O3. The van der Waals surface area contributed by atoms with Crippen LogP contribution in [0, 0.1) is 13.8 Å². The zero-order chi connectivity index (χ0) is 25.1. The maximum absolute atomic E-state index is 12.2. The van der Waals surface area contributed by atoms with E-state index in [0.717, 1.165) is 47.6 Å². The van der Waals surface area contributed by atoms with Crippen LogP contribution < -0.4 is 21.3 Å². The van der Waals surface area contributed by atoms with E-state index in [9.17, 15) is 9.90 Å². The molecule has 1 aliphatic rings. The van der Waals surface area contributed by atoms with Crippen LogP contribution in [-0.4, -0.2) is 46.5 Å². The maximum Gasteiger partial charge on any atom is 0.256 e. The standard InChI is InChI=1S/C26H34N6O3/c1-5-21-14-32(13-17(4)35-21)20-8-6-19(7-9-20)29-26-22(24(27)34)25(30-31-26)28-12-18-10-15(2)23(33)16(3)11-18/h6-11,17,21,33H,5,12-14H2,1-4H3,(H2,27,34)(H3,28,29,30,31)/t17-,21+/m0/s1. The van der Waals surface area contributed by atoms with Crippen molar-refractivity contribution in [1.82, 2.24) is 10.2 Å². The largest absolute Gasteiger partial charge is 0.507 e. The van der Waals surface area contributed by atoms with Crippen LogP contribution in [0.1, 0.15) is 47.3 Å². The number of nitrogens with two attached hydrogens (primary N) is 1. The number of phenols is 1. The third kappa shape index (κ3) is 5.51. The number of anilines is 4. The summed E-state index contributed by atoms with van der Waals surface area (Å²) in [6.45, 7) is 10.1. The molecule has 186 valence electrons. The number of H-pyrrole nitrogens is 1. The minimum Gasteiger partial charge on any atom is -0.507 e. The number of hydrogen-bond donors (Lipinski definition) is 5. The van der Waals surface area contributed by atoms with Crippen LogP contribution in [-0.2, 0) is 11.3 Å². The summed E-state index contributed by atoms with van der Waals surface area (Å²) in [5.41, 5.74) is 10.4. The Morgan fingerprint density at radius 1 is 1.23 bits per heavy atom. The van der Waals surface area contributed by atoms with Crippen molar-refractivity contribution in [3.8, 4) is 5.75 Å². The Bertz CT molecular complexity index is 1170. The van der Waals surface area contributed by atoms with Crippen LogP contribution in [0.4, 0.5) is 23.0 Å². The van der Waals surface area contributed by atoms with E-state index in [1.54, 1.807) is 0 Å². The molecule has 0 unspecified atom stereocenters. The fourth-order valence-corrected chi connectivity index (χ4v) is 4.51. The Labute approximate surface area is 205 Å². The van der Waals surface area contributed by atoms with E-state index in [-0.39, 0.29) is 17.8 Å². The quantitative estimate of drug-likeness (QED) is 0.328. The molecule has 1 fully saturated rings. The van der Waals surface area contributed by atoms with E-state index in [1.807, 2.05) is 38.1 Å². The number of phenolic OH excluding ortho intramolecular Hbond substituents is 1. The third-order valence-electron chi connectivity index (χ3n) is 6.31. The van der Waals surface area contributed by atoms with Gasteiger partial charge in [-0.25, -0.2) is 0 Å². The van der Waals surface area contributed by atoms with Crippen LogP contribution in [0.5, 0.6) is 5.75 Å². The van der Waals surface area contributed by atoms with Gasteiger partial charge in [0.25, 0.3) is 5.91 Å². The Hall–Kier alpha value is -3.72. The molecule has 2 heterocycles. The molecule has 1 aromatic heterocycles. The highest BCUT2D eigenvalue weighted by Gasteiger charge is 2.24. The van der Waals surface area contributed by atoms with Crippen LogP contribution in [0.2, 0.25) is 0 Å². The molecule has 0 saturated carbocycles. The molecule has 9 nitrogen and oxygen atoms in total. The van der Waals surface area contributed by atoms with Gasteiger partial charge >= 0.3 is 0 Å². The van der Waals surface area contributed by atoms with Crippen molar-refractivity contribution in [2.45, 2.75) is 52.9 Å². The Kier molecular flexibility index (Phi) is 7.16. The number of primary amides is 1. The van der Waals surface area contributed by atoms with E-state index >= 15 is 0 Å². The number of rotatable bonds is 8. The predicted molar refractivity (Wildman–Crippen MR) is 139 cm³/mol. The minimum absolute atomic E-state index is 0.189. The minimum atomic E-state index is -0.591. The van der Waals surface area contributed by atoms with Crippen molar-refractivity contribution in [2.24, 2.45) is 5.73 Å². The number of hydrogen-bond acceptors (Lipinski definition) is 7. The molecule has 4 rings (SSSR count). The first-order valence-electron chi connectivity index (χ1n) is 11.9. The lowest BCUT2D eigenvalue weighted by atomic mass is 10.1. The number of carbonyl (C=O) groups is 1. The lowest BCUT2D eigenvalue weighted by Gasteiger charge is -2.38. The van der Waals surface area contributed by atoms with Crippen LogP contribution in [0.15, 0.2) is 36.4 Å². The van der Waals surface area contributed by atoms with Crippen molar-refractivity contribution in [1.29, 1.82) is 0 Å². The molecule has 0 aliphatic carbocycles. The van der Waals surface area contributed by atoms with Crippen molar-refractivity contribution in [3.63, 3.8) is 0 Å². The summed E-state index contributed by atoms with van der Waals surface area (Å²) in [6, 6.07) is 11.8. The van der Waals surface area contributed by atoms with Gasteiger partial charge in [-0.15, -0.1) is 0 Å². The van der Waals surface area contributed by atoms with E-state index in [0.29, 0.717) is 23.9 Å². The smallest absolute Gasteiger partial charge is 0.256 e. The molecule has 35 heavy (non-hydrogen) atoms. The molecule has 1 saturated heterocycles. The lowest BCUT2D eigenvalue weighted by Crippen LogP contribution is -2.46. The summed E-state index contributed by atoms with van der Waals surface area (Å²) in [5.74, 6) is 0.495. The number of aromatic hydroxyl groups is 1. The second-order valence-electron chi connectivity index (χ2n) is 9.17. The first-order chi connectivity index (χ1) is 16.7. The van der Waals surface area contributed by atoms with Gasteiger partial charge in [-0.2, -0.15) is 5.10 Å². The Morgan fingerprint density at radius 2 is 1.91 bits per heavy atom. The Morgan fingerprint density at radius 3 is 2.54 bits per heavy atom. The first kappa shape index (κ1) is 24.4. The highest BCUT2D eigenvalue weighted by Crippen LogP contribution is 2.28. The van der Waals surface area contributed by atoms with Crippen molar-refractivity contribution < 1.29 is 14.6 Å².